The molecule has 0 saturated heterocycles. The van der Waals surface area contributed by atoms with Crippen molar-refractivity contribution in [1.29, 1.82) is 0 Å². The average Bonchev–Trinajstić information content (AvgIpc) is 3.29. The number of amides is 1. The summed E-state index contributed by atoms with van der Waals surface area (Å²) < 4.78 is 30.6. The molecule has 0 radical (unpaired) electrons. The zero-order valence-corrected chi connectivity index (χ0v) is 17.9. The third-order valence-electron chi connectivity index (χ3n) is 4.93. The number of nitrogens with one attached hydrogen (secondary N) is 1. The second kappa shape index (κ2) is 9.46. The number of benzene rings is 4. The molecule has 0 unspecified atom stereocenters. The zero-order valence-electron chi connectivity index (χ0n) is 17.9. The van der Waals surface area contributed by atoms with E-state index in [1.165, 1.54) is 12.1 Å². The molecule has 1 amide bonds. The number of halogens is 1. The van der Waals surface area contributed by atoms with Crippen molar-refractivity contribution in [2.24, 2.45) is 0 Å². The van der Waals surface area contributed by atoms with Gasteiger partial charge in [0.2, 0.25) is 5.89 Å². The van der Waals surface area contributed by atoms with Crippen molar-refractivity contribution in [3.63, 3.8) is 0 Å². The predicted octanol–water partition coefficient (Wildman–Crippen LogP) is 6.06. The molecule has 0 fully saturated rings. The molecule has 1 N–H and O–H groups in total. The van der Waals surface area contributed by atoms with E-state index in [0.29, 0.717) is 39.7 Å². The van der Waals surface area contributed by atoms with Crippen LogP contribution in [0.3, 0.4) is 0 Å². The van der Waals surface area contributed by atoms with E-state index < -0.39 is 12.2 Å². The van der Waals surface area contributed by atoms with Crippen molar-refractivity contribution in [1.82, 2.24) is 4.98 Å². The van der Waals surface area contributed by atoms with Crippen molar-refractivity contribution in [2.75, 3.05) is 5.32 Å². The molecule has 1 heterocycles. The smallest absolute Gasteiger partial charge is 0.321 e. The first-order valence-corrected chi connectivity index (χ1v) is 10.5. The average molecular weight is 454 g/mol. The van der Waals surface area contributed by atoms with Crippen LogP contribution in [0.25, 0.3) is 22.6 Å². The van der Waals surface area contributed by atoms with Gasteiger partial charge in [-0.25, -0.2) is 9.37 Å². The lowest BCUT2D eigenvalue weighted by Gasteiger charge is -2.20. The number of carbonyl (C=O) groups is 1. The molecule has 0 bridgehead atoms. The molecule has 0 aliphatic heterocycles. The van der Waals surface area contributed by atoms with Gasteiger partial charge in [0, 0.05) is 11.3 Å². The van der Waals surface area contributed by atoms with Crippen LogP contribution in [0.2, 0.25) is 0 Å². The third kappa shape index (κ3) is 4.88. The molecule has 0 spiro atoms. The second-order valence-corrected chi connectivity index (χ2v) is 7.39. The molecule has 0 aliphatic rings. The number of hydrogen-bond acceptors (Lipinski definition) is 5. The Morgan fingerprint density at radius 3 is 2.06 bits per heavy atom. The first-order valence-electron chi connectivity index (χ1n) is 10.5. The van der Waals surface area contributed by atoms with Gasteiger partial charge >= 0.3 is 12.2 Å². The lowest BCUT2D eigenvalue weighted by atomic mass is 10.2. The lowest BCUT2D eigenvalue weighted by Crippen LogP contribution is -2.38. The number of para-hydroxylation sites is 2. The van der Waals surface area contributed by atoms with E-state index in [9.17, 15) is 9.18 Å². The lowest BCUT2D eigenvalue weighted by molar-refractivity contribution is -0.134. The summed E-state index contributed by atoms with van der Waals surface area (Å²) in [6.07, 6.45) is -1.23. The highest BCUT2D eigenvalue weighted by molar-refractivity contribution is 5.95. The summed E-state index contributed by atoms with van der Waals surface area (Å²) in [6.45, 7) is 0. The minimum atomic E-state index is -1.23. The van der Waals surface area contributed by atoms with Crippen LogP contribution >= 0.6 is 0 Å². The Morgan fingerprint density at radius 2 is 1.44 bits per heavy atom. The molecule has 5 aromatic rings. The largest absolute Gasteiger partial charge is 0.446 e. The van der Waals surface area contributed by atoms with E-state index in [2.05, 4.69) is 10.3 Å². The van der Waals surface area contributed by atoms with Gasteiger partial charge in [-0.3, -0.25) is 4.79 Å². The molecular weight excluding hydrogens is 435 g/mol. The van der Waals surface area contributed by atoms with Crippen LogP contribution in [-0.2, 0) is 4.79 Å². The molecule has 0 aliphatic carbocycles. The molecule has 6 nitrogen and oxygen atoms in total. The Morgan fingerprint density at radius 1 is 0.824 bits per heavy atom. The number of fused-ring (bicyclic) bond motifs is 1. The van der Waals surface area contributed by atoms with Crippen molar-refractivity contribution in [2.45, 2.75) is 6.29 Å². The number of hydrogen-bond donors (Lipinski definition) is 1. The van der Waals surface area contributed by atoms with Gasteiger partial charge in [0.1, 0.15) is 22.8 Å². The van der Waals surface area contributed by atoms with Gasteiger partial charge in [-0.05, 0) is 66.7 Å². The van der Waals surface area contributed by atoms with Gasteiger partial charge in [0.05, 0.1) is 0 Å². The van der Waals surface area contributed by atoms with E-state index in [1.54, 1.807) is 54.6 Å². The standard InChI is InChI=1S/C27H19FN2O4/c28-19-13-11-18(12-14-19)26-30-23-17-20(15-16-24(23)34-26)29-25(31)27(32-21-7-3-1-4-8-21)33-22-9-5-2-6-10-22/h1-17,27H,(H,29,31). The first kappa shape index (κ1) is 21.2. The van der Waals surface area contributed by atoms with Crippen molar-refractivity contribution >= 4 is 22.7 Å². The predicted molar refractivity (Wildman–Crippen MR) is 126 cm³/mol. The van der Waals surface area contributed by atoms with E-state index in [0.717, 1.165) is 0 Å². The molecule has 1 aromatic heterocycles. The topological polar surface area (TPSA) is 73.6 Å². The summed E-state index contributed by atoms with van der Waals surface area (Å²) in [6, 6.07) is 28.9. The van der Waals surface area contributed by atoms with Crippen molar-refractivity contribution in [3.05, 3.63) is 109 Å². The van der Waals surface area contributed by atoms with Gasteiger partial charge in [0.15, 0.2) is 5.58 Å². The minimum Gasteiger partial charge on any atom is -0.446 e. The fraction of sp³-hybridized carbons (Fsp3) is 0.0370. The molecule has 34 heavy (non-hydrogen) atoms. The second-order valence-electron chi connectivity index (χ2n) is 7.39. The Balaban J connectivity index is 1.37. The molecule has 5 rings (SSSR count). The highest BCUT2D eigenvalue weighted by Gasteiger charge is 2.23. The maximum atomic E-state index is 13.2. The molecular formula is C27H19FN2O4. The number of ether oxygens (including phenoxy) is 2. The van der Waals surface area contributed by atoms with Crippen molar-refractivity contribution in [3.8, 4) is 23.0 Å². The first-order chi connectivity index (χ1) is 16.6. The van der Waals surface area contributed by atoms with E-state index in [4.69, 9.17) is 13.9 Å². The van der Waals surface area contributed by atoms with Crippen LogP contribution in [0.1, 0.15) is 0 Å². The van der Waals surface area contributed by atoms with Crippen LogP contribution in [0.5, 0.6) is 11.5 Å². The van der Waals surface area contributed by atoms with Crippen LogP contribution in [-0.4, -0.2) is 17.2 Å². The van der Waals surface area contributed by atoms with Crippen LogP contribution < -0.4 is 14.8 Å². The Hall–Kier alpha value is -4.65. The minimum absolute atomic E-state index is 0.338. The molecule has 0 atom stereocenters. The number of aromatic nitrogens is 1. The maximum Gasteiger partial charge on any atom is 0.321 e. The van der Waals surface area contributed by atoms with Gasteiger partial charge < -0.3 is 19.2 Å². The number of anilines is 1. The van der Waals surface area contributed by atoms with Gasteiger partial charge in [-0.2, -0.15) is 0 Å². The summed E-state index contributed by atoms with van der Waals surface area (Å²) in [5.74, 6) is 0.518. The maximum absolute atomic E-state index is 13.2. The fourth-order valence-corrected chi connectivity index (χ4v) is 3.30. The van der Waals surface area contributed by atoms with Gasteiger partial charge in [-0.15, -0.1) is 0 Å². The van der Waals surface area contributed by atoms with E-state index in [1.807, 2.05) is 36.4 Å². The molecule has 4 aromatic carbocycles. The molecule has 0 saturated carbocycles. The van der Waals surface area contributed by atoms with Gasteiger partial charge in [-0.1, -0.05) is 36.4 Å². The Bertz CT molecular complexity index is 1360. The van der Waals surface area contributed by atoms with Crippen LogP contribution in [0.15, 0.2) is 108 Å². The van der Waals surface area contributed by atoms with Gasteiger partial charge in [0.25, 0.3) is 0 Å². The van der Waals surface area contributed by atoms with E-state index in [-0.39, 0.29) is 5.82 Å². The highest BCUT2D eigenvalue weighted by atomic mass is 19.1. The SMILES string of the molecule is O=C(Nc1ccc2oc(-c3ccc(F)cc3)nc2c1)C(Oc1ccccc1)Oc1ccccc1. The zero-order chi connectivity index (χ0) is 23.3. The normalized spacial score (nSPS) is 10.9. The summed E-state index contributed by atoms with van der Waals surface area (Å²) in [5.41, 5.74) is 2.22. The van der Waals surface area contributed by atoms with Crippen LogP contribution in [0.4, 0.5) is 10.1 Å². The Labute approximate surface area is 194 Å². The number of rotatable bonds is 7. The van der Waals surface area contributed by atoms with Crippen molar-refractivity contribution < 1.29 is 23.1 Å². The highest BCUT2D eigenvalue weighted by Crippen LogP contribution is 2.27. The molecule has 168 valence electrons. The quantitative estimate of drug-likeness (QED) is 0.303. The summed E-state index contributed by atoms with van der Waals surface area (Å²) in [7, 11) is 0. The number of nitrogens with zero attached hydrogens (tertiary/aromatic N) is 1. The number of carbonyl (C=O) groups excluding carboxylic acids is 1. The third-order valence-corrected chi connectivity index (χ3v) is 4.93. The summed E-state index contributed by atoms with van der Waals surface area (Å²) in [4.78, 5) is 17.5. The molecule has 7 heteroatoms. The fourth-order valence-electron chi connectivity index (χ4n) is 3.30. The summed E-state index contributed by atoms with van der Waals surface area (Å²) >= 11 is 0. The van der Waals surface area contributed by atoms with Crippen LogP contribution in [0, 0.1) is 5.82 Å². The summed E-state index contributed by atoms with van der Waals surface area (Å²) in [5, 5.41) is 2.81. The Kier molecular flexibility index (Phi) is 5.90. The number of oxazole rings is 1. The monoisotopic (exact) mass is 454 g/mol. The van der Waals surface area contributed by atoms with E-state index >= 15 is 0 Å².